The molecule has 4 nitrogen and oxygen atoms in total. The zero-order chi connectivity index (χ0) is 18.4. The highest BCUT2D eigenvalue weighted by Crippen LogP contribution is 2.29. The molecular formula is C20H31ClN2O2. The van der Waals surface area contributed by atoms with Gasteiger partial charge in [0.05, 0.1) is 12.2 Å². The summed E-state index contributed by atoms with van der Waals surface area (Å²) in [6.45, 7) is 11.2. The van der Waals surface area contributed by atoms with Crippen molar-refractivity contribution < 1.29 is 9.53 Å². The lowest BCUT2D eigenvalue weighted by Gasteiger charge is -2.35. The second-order valence-corrected chi connectivity index (χ2v) is 7.34. The first-order valence-corrected chi connectivity index (χ1v) is 9.80. The van der Waals surface area contributed by atoms with Crippen LogP contribution in [0.15, 0.2) is 12.1 Å². The second kappa shape index (κ2) is 9.56. The number of carbonyl (C=O) groups is 1. The third-order valence-electron chi connectivity index (χ3n) is 4.71. The molecule has 0 aromatic heterocycles. The lowest BCUT2D eigenvalue weighted by molar-refractivity contribution is -0.116. The third-order valence-corrected chi connectivity index (χ3v) is 5.07. The molecule has 140 valence electrons. The van der Waals surface area contributed by atoms with Crippen LogP contribution in [-0.4, -0.2) is 42.6 Å². The van der Waals surface area contributed by atoms with E-state index in [-0.39, 0.29) is 18.1 Å². The first kappa shape index (κ1) is 20.2. The molecule has 2 atom stereocenters. The van der Waals surface area contributed by atoms with Crippen LogP contribution < -0.4 is 5.32 Å². The number of carbonyl (C=O) groups excluding carboxylic acids is 1. The molecule has 25 heavy (non-hydrogen) atoms. The summed E-state index contributed by atoms with van der Waals surface area (Å²) in [6, 6.07) is 3.93. The average Bonchev–Trinajstić information content (AvgIpc) is 2.54. The predicted molar refractivity (Wildman–Crippen MR) is 105 cm³/mol. The minimum atomic E-state index is 0.0704. The molecule has 0 saturated carbocycles. The average molecular weight is 367 g/mol. The molecule has 1 aliphatic heterocycles. The molecule has 0 radical (unpaired) electrons. The van der Waals surface area contributed by atoms with Crippen LogP contribution in [0.3, 0.4) is 0 Å². The summed E-state index contributed by atoms with van der Waals surface area (Å²) < 4.78 is 5.75. The quantitative estimate of drug-likeness (QED) is 0.782. The molecule has 1 saturated heterocycles. The summed E-state index contributed by atoms with van der Waals surface area (Å²) in [6.07, 6.45) is 3.61. The Kier molecular flexibility index (Phi) is 7.73. The van der Waals surface area contributed by atoms with Crippen molar-refractivity contribution in [2.24, 2.45) is 0 Å². The standard InChI is InChI=1S/C20H31ClN2O2/c1-5-16-9-10-18(21)17(6-2)20(16)22-19(24)8-7-11-23-12-14(3)25-15(4)13-23/h9-10,14-15H,5-8,11-13H2,1-4H3,(H,22,24). The van der Waals surface area contributed by atoms with Crippen LogP contribution in [-0.2, 0) is 22.4 Å². The monoisotopic (exact) mass is 366 g/mol. The van der Waals surface area contributed by atoms with Crippen LogP contribution in [0.1, 0.15) is 51.7 Å². The van der Waals surface area contributed by atoms with Crippen molar-refractivity contribution >= 4 is 23.2 Å². The van der Waals surface area contributed by atoms with Gasteiger partial charge in [-0.15, -0.1) is 0 Å². The molecular weight excluding hydrogens is 336 g/mol. The Morgan fingerprint density at radius 3 is 2.52 bits per heavy atom. The number of nitrogens with zero attached hydrogens (tertiary/aromatic N) is 1. The zero-order valence-electron chi connectivity index (χ0n) is 15.9. The van der Waals surface area contributed by atoms with Crippen molar-refractivity contribution in [1.82, 2.24) is 4.90 Å². The Bertz CT molecular complexity index is 581. The second-order valence-electron chi connectivity index (χ2n) is 6.94. The van der Waals surface area contributed by atoms with E-state index in [0.717, 1.165) is 60.7 Å². The number of halogens is 1. The first-order valence-electron chi connectivity index (χ1n) is 9.42. The molecule has 0 bridgehead atoms. The molecule has 1 aliphatic rings. The van der Waals surface area contributed by atoms with Gasteiger partial charge < -0.3 is 10.1 Å². The topological polar surface area (TPSA) is 41.6 Å². The minimum absolute atomic E-state index is 0.0704. The molecule has 1 heterocycles. The Labute approximate surface area is 156 Å². The molecule has 2 unspecified atom stereocenters. The molecule has 1 amide bonds. The minimum Gasteiger partial charge on any atom is -0.373 e. The van der Waals surface area contributed by atoms with Gasteiger partial charge in [0.1, 0.15) is 0 Å². The van der Waals surface area contributed by atoms with Crippen molar-refractivity contribution in [2.45, 2.75) is 65.6 Å². The summed E-state index contributed by atoms with van der Waals surface area (Å²) in [7, 11) is 0. The lowest BCUT2D eigenvalue weighted by atomic mass is 10.0. The number of hydrogen-bond donors (Lipinski definition) is 1. The predicted octanol–water partition coefficient (Wildman–Crippen LogP) is 4.29. The van der Waals surface area contributed by atoms with E-state index in [0.29, 0.717) is 6.42 Å². The highest BCUT2D eigenvalue weighted by atomic mass is 35.5. The number of benzene rings is 1. The number of rotatable bonds is 7. The van der Waals surface area contributed by atoms with Gasteiger partial charge in [0.25, 0.3) is 0 Å². The smallest absolute Gasteiger partial charge is 0.224 e. The molecule has 5 heteroatoms. The van der Waals surface area contributed by atoms with Gasteiger partial charge in [-0.05, 0) is 56.8 Å². The number of aryl methyl sites for hydroxylation is 1. The molecule has 1 fully saturated rings. The number of morpholine rings is 1. The van der Waals surface area contributed by atoms with E-state index < -0.39 is 0 Å². The SMILES string of the molecule is CCc1ccc(Cl)c(CC)c1NC(=O)CCCN1CC(C)OC(C)C1. The van der Waals surface area contributed by atoms with Crippen LogP contribution in [0.25, 0.3) is 0 Å². The number of anilines is 1. The fourth-order valence-electron chi connectivity index (χ4n) is 3.60. The summed E-state index contributed by atoms with van der Waals surface area (Å²) in [5.41, 5.74) is 3.09. The van der Waals surface area contributed by atoms with E-state index in [4.69, 9.17) is 16.3 Å². The van der Waals surface area contributed by atoms with Gasteiger partial charge >= 0.3 is 0 Å². The number of hydrogen-bond acceptors (Lipinski definition) is 3. The van der Waals surface area contributed by atoms with Gasteiger partial charge in [-0.1, -0.05) is 31.5 Å². The van der Waals surface area contributed by atoms with E-state index in [1.807, 2.05) is 12.1 Å². The highest BCUT2D eigenvalue weighted by Gasteiger charge is 2.22. The zero-order valence-corrected chi connectivity index (χ0v) is 16.7. The van der Waals surface area contributed by atoms with Crippen molar-refractivity contribution in [3.05, 3.63) is 28.3 Å². The molecule has 1 N–H and O–H groups in total. The van der Waals surface area contributed by atoms with E-state index in [1.165, 1.54) is 0 Å². The summed E-state index contributed by atoms with van der Waals surface area (Å²) in [5.74, 6) is 0.0704. The third kappa shape index (κ3) is 5.70. The fourth-order valence-corrected chi connectivity index (χ4v) is 3.89. The van der Waals surface area contributed by atoms with Crippen LogP contribution in [0.5, 0.6) is 0 Å². The first-order chi connectivity index (χ1) is 11.9. The highest BCUT2D eigenvalue weighted by molar-refractivity contribution is 6.32. The van der Waals surface area contributed by atoms with Gasteiger partial charge in [0.2, 0.25) is 5.91 Å². The van der Waals surface area contributed by atoms with Crippen molar-refractivity contribution in [3.8, 4) is 0 Å². The number of amides is 1. The van der Waals surface area contributed by atoms with E-state index >= 15 is 0 Å². The Hall–Kier alpha value is -1.10. The van der Waals surface area contributed by atoms with Crippen molar-refractivity contribution in [3.63, 3.8) is 0 Å². The molecule has 1 aromatic carbocycles. The van der Waals surface area contributed by atoms with E-state index in [2.05, 4.69) is 37.9 Å². The largest absolute Gasteiger partial charge is 0.373 e. The van der Waals surface area contributed by atoms with Crippen molar-refractivity contribution in [2.75, 3.05) is 25.0 Å². The van der Waals surface area contributed by atoms with Crippen LogP contribution in [0, 0.1) is 0 Å². The molecule has 0 aliphatic carbocycles. The summed E-state index contributed by atoms with van der Waals surface area (Å²) in [5, 5.41) is 3.84. The Morgan fingerprint density at radius 2 is 1.92 bits per heavy atom. The van der Waals surface area contributed by atoms with E-state index in [1.54, 1.807) is 0 Å². The van der Waals surface area contributed by atoms with Crippen LogP contribution >= 0.6 is 11.6 Å². The van der Waals surface area contributed by atoms with Gasteiger partial charge in [-0.2, -0.15) is 0 Å². The molecule has 1 aromatic rings. The van der Waals surface area contributed by atoms with E-state index in [9.17, 15) is 4.79 Å². The van der Waals surface area contributed by atoms with Gasteiger partial charge in [-0.3, -0.25) is 9.69 Å². The maximum atomic E-state index is 12.4. The van der Waals surface area contributed by atoms with Gasteiger partial charge in [0, 0.05) is 30.2 Å². The summed E-state index contributed by atoms with van der Waals surface area (Å²) in [4.78, 5) is 14.8. The van der Waals surface area contributed by atoms with Crippen LogP contribution in [0.2, 0.25) is 5.02 Å². The maximum Gasteiger partial charge on any atom is 0.224 e. The number of ether oxygens (including phenoxy) is 1. The van der Waals surface area contributed by atoms with Gasteiger partial charge in [-0.25, -0.2) is 0 Å². The van der Waals surface area contributed by atoms with Gasteiger partial charge in [0.15, 0.2) is 0 Å². The lowest BCUT2D eigenvalue weighted by Crippen LogP contribution is -2.45. The summed E-state index contributed by atoms with van der Waals surface area (Å²) >= 11 is 6.31. The Morgan fingerprint density at radius 1 is 1.24 bits per heavy atom. The molecule has 0 spiro atoms. The Balaban J connectivity index is 1.89. The van der Waals surface area contributed by atoms with Crippen LogP contribution in [0.4, 0.5) is 5.69 Å². The maximum absolute atomic E-state index is 12.4. The molecule has 2 rings (SSSR count). The number of nitrogens with one attached hydrogen (secondary N) is 1. The fraction of sp³-hybridized carbons (Fsp3) is 0.650. The normalized spacial score (nSPS) is 21.3. The van der Waals surface area contributed by atoms with Crippen molar-refractivity contribution in [1.29, 1.82) is 0 Å².